The maximum Gasteiger partial charge on any atom is 0.181 e. The second-order valence-corrected chi connectivity index (χ2v) is 6.76. The fourth-order valence-corrected chi connectivity index (χ4v) is 3.34. The molecule has 0 bridgehead atoms. The van der Waals surface area contributed by atoms with Gasteiger partial charge in [0.1, 0.15) is 0 Å². The van der Waals surface area contributed by atoms with E-state index in [1.165, 1.54) is 0 Å². The summed E-state index contributed by atoms with van der Waals surface area (Å²) in [5.41, 5.74) is 2.80. The fourth-order valence-electron chi connectivity index (χ4n) is 1.85. The molecule has 0 aliphatic heterocycles. The first-order chi connectivity index (χ1) is 6.76. The molecule has 3 heteroatoms. The fraction of sp³-hybridized carbons (Fsp3) is 0.500. The molecule has 0 spiro atoms. The molecule has 0 N–H and O–H groups in total. The highest BCUT2D eigenvalue weighted by molar-refractivity contribution is 7.92. The molecule has 0 heterocycles. The third-order valence-electron chi connectivity index (χ3n) is 2.51. The van der Waals surface area contributed by atoms with Gasteiger partial charge in [-0.3, -0.25) is 0 Å². The van der Waals surface area contributed by atoms with Gasteiger partial charge in [-0.2, -0.15) is 0 Å². The summed E-state index contributed by atoms with van der Waals surface area (Å²) in [7, 11) is -3.15. The lowest BCUT2D eigenvalue weighted by Gasteiger charge is -2.14. The smallest absolute Gasteiger partial charge is 0.181 e. The standard InChI is InChI=1S/C12H18O2S/c1-8(2)15(13,14)12-10(4)6-9(3)7-11(12)5/h6-8H,1-5H3. The minimum Gasteiger partial charge on any atom is -0.223 e. The molecule has 0 aliphatic rings. The van der Waals surface area contributed by atoms with Gasteiger partial charge in [-0.1, -0.05) is 17.7 Å². The molecule has 0 amide bonds. The molecule has 0 aliphatic carbocycles. The molecule has 0 saturated heterocycles. The predicted octanol–water partition coefficient (Wildman–Crippen LogP) is 2.79. The van der Waals surface area contributed by atoms with Crippen LogP contribution in [0.4, 0.5) is 0 Å². The van der Waals surface area contributed by atoms with Crippen LogP contribution >= 0.6 is 0 Å². The first-order valence-corrected chi connectivity index (χ1v) is 6.63. The van der Waals surface area contributed by atoms with Gasteiger partial charge in [-0.25, -0.2) is 8.42 Å². The van der Waals surface area contributed by atoms with Gasteiger partial charge in [0.2, 0.25) is 0 Å². The zero-order valence-electron chi connectivity index (χ0n) is 9.96. The zero-order valence-corrected chi connectivity index (χ0v) is 10.8. The first kappa shape index (κ1) is 12.2. The Balaban J connectivity index is 3.52. The Hall–Kier alpha value is -0.830. The summed E-state index contributed by atoms with van der Waals surface area (Å²) in [5.74, 6) is 0. The highest BCUT2D eigenvalue weighted by Crippen LogP contribution is 2.25. The van der Waals surface area contributed by atoms with Crippen LogP contribution in [0.2, 0.25) is 0 Å². The Morgan fingerprint density at radius 2 is 1.40 bits per heavy atom. The van der Waals surface area contributed by atoms with E-state index >= 15 is 0 Å². The summed E-state index contributed by atoms with van der Waals surface area (Å²) in [5, 5.41) is -0.363. The van der Waals surface area contributed by atoms with Crippen LogP contribution in [0.1, 0.15) is 30.5 Å². The van der Waals surface area contributed by atoms with Crippen LogP contribution < -0.4 is 0 Å². The largest absolute Gasteiger partial charge is 0.223 e. The van der Waals surface area contributed by atoms with Crippen molar-refractivity contribution < 1.29 is 8.42 Å². The van der Waals surface area contributed by atoms with Crippen LogP contribution in [0.25, 0.3) is 0 Å². The average Bonchev–Trinajstić information content (AvgIpc) is 2.00. The van der Waals surface area contributed by atoms with Gasteiger partial charge in [-0.15, -0.1) is 0 Å². The average molecular weight is 226 g/mol. The molecule has 0 saturated carbocycles. The molecule has 1 aromatic carbocycles. The van der Waals surface area contributed by atoms with Crippen molar-refractivity contribution in [3.63, 3.8) is 0 Å². The summed E-state index contributed by atoms with van der Waals surface area (Å²) in [6.45, 7) is 9.12. The van der Waals surface area contributed by atoms with E-state index in [2.05, 4.69) is 0 Å². The SMILES string of the molecule is Cc1cc(C)c(S(=O)(=O)C(C)C)c(C)c1. The second kappa shape index (κ2) is 3.97. The van der Waals surface area contributed by atoms with E-state index in [4.69, 9.17) is 0 Å². The Labute approximate surface area is 92.2 Å². The van der Waals surface area contributed by atoms with E-state index in [9.17, 15) is 8.42 Å². The second-order valence-electron chi connectivity index (χ2n) is 4.32. The molecule has 84 valence electrons. The molecule has 15 heavy (non-hydrogen) atoms. The number of hydrogen-bond donors (Lipinski definition) is 0. The van der Waals surface area contributed by atoms with Crippen LogP contribution in [0.5, 0.6) is 0 Å². The quantitative estimate of drug-likeness (QED) is 0.777. The van der Waals surface area contributed by atoms with Crippen LogP contribution in [-0.2, 0) is 9.84 Å². The lowest BCUT2D eigenvalue weighted by molar-refractivity contribution is 0.586. The number of rotatable bonds is 2. The Kier molecular flexibility index (Phi) is 3.24. The van der Waals surface area contributed by atoms with E-state index in [1.807, 2.05) is 32.9 Å². The maximum atomic E-state index is 12.1. The molecule has 0 atom stereocenters. The van der Waals surface area contributed by atoms with E-state index < -0.39 is 9.84 Å². The topological polar surface area (TPSA) is 34.1 Å². The molecular formula is C12H18O2S. The van der Waals surface area contributed by atoms with Gasteiger partial charge in [0.25, 0.3) is 0 Å². The lowest BCUT2D eigenvalue weighted by Crippen LogP contribution is -2.16. The van der Waals surface area contributed by atoms with Crippen LogP contribution in [0, 0.1) is 20.8 Å². The van der Waals surface area contributed by atoms with Gasteiger partial charge >= 0.3 is 0 Å². The molecule has 1 rings (SSSR count). The summed E-state index contributed by atoms with van der Waals surface area (Å²) in [6.07, 6.45) is 0. The normalized spacial score (nSPS) is 12.1. The van der Waals surface area contributed by atoms with Crippen molar-refractivity contribution in [3.05, 3.63) is 28.8 Å². The lowest BCUT2D eigenvalue weighted by atomic mass is 10.1. The van der Waals surface area contributed by atoms with E-state index in [0.29, 0.717) is 4.90 Å². The van der Waals surface area contributed by atoms with Crippen LogP contribution in [0.15, 0.2) is 17.0 Å². The molecular weight excluding hydrogens is 208 g/mol. The van der Waals surface area contributed by atoms with Crippen molar-refractivity contribution in [2.75, 3.05) is 0 Å². The number of hydrogen-bond acceptors (Lipinski definition) is 2. The molecule has 2 nitrogen and oxygen atoms in total. The van der Waals surface area contributed by atoms with Gasteiger partial charge in [0.05, 0.1) is 10.1 Å². The molecule has 0 radical (unpaired) electrons. The Bertz CT molecular complexity index is 447. The highest BCUT2D eigenvalue weighted by Gasteiger charge is 2.23. The first-order valence-electron chi connectivity index (χ1n) is 5.08. The van der Waals surface area contributed by atoms with Crippen molar-refractivity contribution in [2.24, 2.45) is 0 Å². The van der Waals surface area contributed by atoms with E-state index in [0.717, 1.165) is 16.7 Å². The summed E-state index contributed by atoms with van der Waals surface area (Å²) < 4.78 is 24.2. The maximum absolute atomic E-state index is 12.1. The third kappa shape index (κ3) is 2.23. The highest BCUT2D eigenvalue weighted by atomic mass is 32.2. The summed E-state index contributed by atoms with van der Waals surface area (Å²) in [4.78, 5) is 0.503. The van der Waals surface area contributed by atoms with Crippen molar-refractivity contribution in [3.8, 4) is 0 Å². The van der Waals surface area contributed by atoms with Crippen LogP contribution in [0.3, 0.4) is 0 Å². The van der Waals surface area contributed by atoms with Crippen molar-refractivity contribution >= 4 is 9.84 Å². The van der Waals surface area contributed by atoms with Gasteiger partial charge in [0.15, 0.2) is 9.84 Å². The van der Waals surface area contributed by atoms with E-state index in [1.54, 1.807) is 13.8 Å². The number of sulfone groups is 1. The van der Waals surface area contributed by atoms with Crippen LogP contribution in [-0.4, -0.2) is 13.7 Å². The van der Waals surface area contributed by atoms with Crippen molar-refractivity contribution in [1.29, 1.82) is 0 Å². The summed E-state index contributed by atoms with van der Waals surface area (Å²) >= 11 is 0. The van der Waals surface area contributed by atoms with Gasteiger partial charge in [0, 0.05) is 0 Å². The molecule has 0 unspecified atom stereocenters. The minimum absolute atomic E-state index is 0.363. The Morgan fingerprint density at radius 1 is 1.00 bits per heavy atom. The monoisotopic (exact) mass is 226 g/mol. The van der Waals surface area contributed by atoms with Gasteiger partial charge < -0.3 is 0 Å². The number of benzene rings is 1. The Morgan fingerprint density at radius 3 is 1.73 bits per heavy atom. The zero-order chi connectivity index (χ0) is 11.8. The minimum atomic E-state index is -3.15. The van der Waals surface area contributed by atoms with Gasteiger partial charge in [-0.05, 0) is 45.7 Å². The van der Waals surface area contributed by atoms with Crippen molar-refractivity contribution in [1.82, 2.24) is 0 Å². The molecule has 1 aromatic rings. The molecule has 0 fully saturated rings. The predicted molar refractivity (Wildman–Crippen MR) is 63.0 cm³/mol. The number of aryl methyl sites for hydroxylation is 3. The summed E-state index contributed by atoms with van der Waals surface area (Å²) in [6, 6.07) is 3.84. The van der Waals surface area contributed by atoms with Crippen molar-refractivity contribution in [2.45, 2.75) is 44.8 Å². The third-order valence-corrected chi connectivity index (χ3v) is 4.96. The van der Waals surface area contributed by atoms with E-state index in [-0.39, 0.29) is 5.25 Å². The molecule has 0 aromatic heterocycles.